The molecule has 1 atom stereocenters. The molecule has 1 saturated heterocycles. The maximum atomic E-state index is 6.01. The first kappa shape index (κ1) is 20.8. The van der Waals surface area contributed by atoms with Gasteiger partial charge in [-0.2, -0.15) is 0 Å². The molecule has 1 aliphatic rings. The van der Waals surface area contributed by atoms with E-state index in [4.69, 9.17) is 10.5 Å². The molecular formula is C19H24BrIN4O. The summed E-state index contributed by atoms with van der Waals surface area (Å²) >= 11 is 3.48. The Morgan fingerprint density at radius 2 is 1.92 bits per heavy atom. The van der Waals surface area contributed by atoms with E-state index in [2.05, 4.69) is 55.4 Å². The first-order valence-electron chi connectivity index (χ1n) is 8.35. The second kappa shape index (κ2) is 10.0. The third-order valence-corrected chi connectivity index (χ3v) is 4.89. The molecule has 0 saturated carbocycles. The number of ether oxygens (including phenoxy) is 1. The standard InChI is InChI=1S/C19H23BrN4O.HI/c1-25-18-8-4-16(5-9-18)23-19(21)22-12-14-10-11-24(13-14)17-6-2-15(20)3-7-17;/h2-9,14H,10-13H2,1H3,(H3,21,22,23);1H. The van der Waals surface area contributed by atoms with Crippen LogP contribution in [0, 0.1) is 5.92 Å². The summed E-state index contributed by atoms with van der Waals surface area (Å²) in [5.74, 6) is 1.80. The Hall–Kier alpha value is -1.48. The van der Waals surface area contributed by atoms with E-state index in [-0.39, 0.29) is 24.0 Å². The topological polar surface area (TPSA) is 62.9 Å². The lowest BCUT2D eigenvalue weighted by molar-refractivity contribution is 0.415. The third-order valence-electron chi connectivity index (χ3n) is 4.36. The summed E-state index contributed by atoms with van der Waals surface area (Å²) < 4.78 is 6.25. The zero-order chi connectivity index (χ0) is 17.6. The highest BCUT2D eigenvalue weighted by molar-refractivity contribution is 14.0. The Morgan fingerprint density at radius 1 is 1.23 bits per heavy atom. The van der Waals surface area contributed by atoms with Crippen LogP contribution in [-0.4, -0.2) is 32.7 Å². The molecule has 2 aromatic carbocycles. The molecule has 1 aliphatic heterocycles. The summed E-state index contributed by atoms with van der Waals surface area (Å²) in [6.07, 6.45) is 1.13. The van der Waals surface area contributed by atoms with Crippen LogP contribution in [0.25, 0.3) is 0 Å². The van der Waals surface area contributed by atoms with Gasteiger partial charge in [-0.05, 0) is 60.9 Å². The second-order valence-corrected chi connectivity index (χ2v) is 7.07. The Labute approximate surface area is 180 Å². The molecule has 3 N–H and O–H groups in total. The monoisotopic (exact) mass is 530 g/mol. The van der Waals surface area contributed by atoms with Crippen LogP contribution in [-0.2, 0) is 0 Å². The minimum absolute atomic E-state index is 0. The number of aliphatic imine (C=N–C) groups is 1. The zero-order valence-corrected chi connectivity index (χ0v) is 18.6. The van der Waals surface area contributed by atoms with Crippen LogP contribution >= 0.6 is 39.9 Å². The predicted octanol–water partition coefficient (Wildman–Crippen LogP) is 4.33. The largest absolute Gasteiger partial charge is 0.497 e. The maximum Gasteiger partial charge on any atom is 0.193 e. The van der Waals surface area contributed by atoms with Crippen molar-refractivity contribution in [2.75, 3.05) is 37.0 Å². The molecule has 0 aromatic heterocycles. The van der Waals surface area contributed by atoms with Gasteiger partial charge in [-0.1, -0.05) is 15.9 Å². The number of nitrogens with one attached hydrogen (secondary N) is 1. The van der Waals surface area contributed by atoms with Crippen molar-refractivity contribution in [3.8, 4) is 5.75 Å². The Morgan fingerprint density at radius 3 is 2.58 bits per heavy atom. The average molecular weight is 531 g/mol. The fourth-order valence-corrected chi connectivity index (χ4v) is 3.22. The van der Waals surface area contributed by atoms with Crippen LogP contribution in [0.15, 0.2) is 58.0 Å². The van der Waals surface area contributed by atoms with E-state index >= 15 is 0 Å². The number of guanidine groups is 1. The van der Waals surface area contributed by atoms with Crippen molar-refractivity contribution >= 4 is 57.2 Å². The van der Waals surface area contributed by atoms with Crippen LogP contribution < -0.4 is 20.7 Å². The molecule has 26 heavy (non-hydrogen) atoms. The third kappa shape index (κ3) is 5.77. The summed E-state index contributed by atoms with van der Waals surface area (Å²) in [6.45, 7) is 2.82. The van der Waals surface area contributed by atoms with E-state index < -0.39 is 0 Å². The molecule has 0 spiro atoms. The summed E-state index contributed by atoms with van der Waals surface area (Å²) in [4.78, 5) is 6.91. The molecule has 140 valence electrons. The molecule has 1 unspecified atom stereocenters. The molecule has 0 amide bonds. The minimum atomic E-state index is 0. The van der Waals surface area contributed by atoms with Gasteiger partial charge in [0.2, 0.25) is 0 Å². The molecule has 5 nitrogen and oxygen atoms in total. The van der Waals surface area contributed by atoms with Crippen LogP contribution in [0.5, 0.6) is 5.75 Å². The van der Waals surface area contributed by atoms with Gasteiger partial charge >= 0.3 is 0 Å². The summed E-state index contributed by atoms with van der Waals surface area (Å²) in [6, 6.07) is 16.1. The van der Waals surface area contributed by atoms with Gasteiger partial charge < -0.3 is 20.7 Å². The van der Waals surface area contributed by atoms with Crippen molar-refractivity contribution in [1.29, 1.82) is 0 Å². The van der Waals surface area contributed by atoms with Crippen molar-refractivity contribution in [1.82, 2.24) is 0 Å². The van der Waals surface area contributed by atoms with E-state index in [1.165, 1.54) is 5.69 Å². The molecule has 0 bridgehead atoms. The van der Waals surface area contributed by atoms with Gasteiger partial charge in [0.1, 0.15) is 5.75 Å². The number of nitrogens with two attached hydrogens (primary N) is 1. The first-order valence-corrected chi connectivity index (χ1v) is 9.15. The summed E-state index contributed by atoms with van der Waals surface area (Å²) in [5, 5.41) is 3.12. The fraction of sp³-hybridized carbons (Fsp3) is 0.316. The lowest BCUT2D eigenvalue weighted by Crippen LogP contribution is -2.25. The number of methoxy groups -OCH3 is 1. The minimum Gasteiger partial charge on any atom is -0.497 e. The van der Waals surface area contributed by atoms with Gasteiger partial charge in [0.15, 0.2) is 5.96 Å². The zero-order valence-electron chi connectivity index (χ0n) is 14.7. The maximum absolute atomic E-state index is 6.01. The van der Waals surface area contributed by atoms with Gasteiger partial charge in [0.05, 0.1) is 7.11 Å². The fourth-order valence-electron chi connectivity index (χ4n) is 2.96. The SMILES string of the molecule is COc1ccc(NC(N)=NCC2CCN(c3ccc(Br)cc3)C2)cc1.I. The Balaban J connectivity index is 0.00000243. The molecule has 1 fully saturated rings. The van der Waals surface area contributed by atoms with Gasteiger partial charge in [0, 0.05) is 35.5 Å². The lowest BCUT2D eigenvalue weighted by Gasteiger charge is -2.18. The first-order chi connectivity index (χ1) is 12.1. The van der Waals surface area contributed by atoms with Crippen LogP contribution in [0.1, 0.15) is 6.42 Å². The number of benzene rings is 2. The lowest BCUT2D eigenvalue weighted by atomic mass is 10.1. The van der Waals surface area contributed by atoms with E-state index in [0.717, 1.165) is 42.0 Å². The van der Waals surface area contributed by atoms with E-state index in [0.29, 0.717) is 11.9 Å². The highest BCUT2D eigenvalue weighted by Crippen LogP contribution is 2.25. The van der Waals surface area contributed by atoms with E-state index in [9.17, 15) is 0 Å². The number of halogens is 2. The number of rotatable bonds is 5. The predicted molar refractivity (Wildman–Crippen MR) is 123 cm³/mol. The van der Waals surface area contributed by atoms with Crippen molar-refractivity contribution in [2.24, 2.45) is 16.6 Å². The van der Waals surface area contributed by atoms with Crippen LogP contribution in [0.4, 0.5) is 11.4 Å². The Bertz CT molecular complexity index is 721. The van der Waals surface area contributed by atoms with Crippen molar-refractivity contribution in [3.05, 3.63) is 53.0 Å². The van der Waals surface area contributed by atoms with Gasteiger partial charge in [-0.15, -0.1) is 24.0 Å². The average Bonchev–Trinajstić information content (AvgIpc) is 3.10. The van der Waals surface area contributed by atoms with Crippen LogP contribution in [0.3, 0.4) is 0 Å². The molecule has 7 heteroatoms. The second-order valence-electron chi connectivity index (χ2n) is 6.16. The van der Waals surface area contributed by atoms with E-state index in [1.54, 1.807) is 7.11 Å². The normalized spacial score (nSPS) is 16.9. The molecule has 2 aromatic rings. The highest BCUT2D eigenvalue weighted by atomic mass is 127. The number of nitrogens with zero attached hydrogens (tertiary/aromatic N) is 2. The van der Waals surface area contributed by atoms with Crippen LogP contribution in [0.2, 0.25) is 0 Å². The Kier molecular flexibility index (Phi) is 8.02. The van der Waals surface area contributed by atoms with Gasteiger partial charge in [-0.3, -0.25) is 4.99 Å². The van der Waals surface area contributed by atoms with Gasteiger partial charge in [0.25, 0.3) is 0 Å². The summed E-state index contributed by atoms with van der Waals surface area (Å²) in [5.41, 5.74) is 8.18. The number of hydrogen-bond donors (Lipinski definition) is 2. The molecule has 0 radical (unpaired) electrons. The summed E-state index contributed by atoms with van der Waals surface area (Å²) in [7, 11) is 1.65. The van der Waals surface area contributed by atoms with Crippen molar-refractivity contribution < 1.29 is 4.74 Å². The molecule has 0 aliphatic carbocycles. The van der Waals surface area contributed by atoms with Gasteiger partial charge in [-0.25, -0.2) is 0 Å². The number of hydrogen-bond acceptors (Lipinski definition) is 3. The highest BCUT2D eigenvalue weighted by Gasteiger charge is 2.22. The van der Waals surface area contributed by atoms with Crippen molar-refractivity contribution in [2.45, 2.75) is 6.42 Å². The molecular weight excluding hydrogens is 507 g/mol. The molecule has 1 heterocycles. The van der Waals surface area contributed by atoms with E-state index in [1.807, 2.05) is 24.3 Å². The van der Waals surface area contributed by atoms with Crippen molar-refractivity contribution in [3.63, 3.8) is 0 Å². The molecule has 3 rings (SSSR count). The smallest absolute Gasteiger partial charge is 0.193 e. The number of anilines is 2. The quantitative estimate of drug-likeness (QED) is 0.343.